The number of anilines is 1. The number of ether oxygens (including phenoxy) is 1. The lowest BCUT2D eigenvalue weighted by molar-refractivity contribution is 0.0430. The molecule has 0 aliphatic heterocycles. The smallest absolute Gasteiger partial charge is 0.359 e. The Bertz CT molecular complexity index is 696. The number of nitrogens with zero attached hydrogens (tertiary/aromatic N) is 2. The predicted molar refractivity (Wildman–Crippen MR) is 78.8 cm³/mol. The van der Waals surface area contributed by atoms with E-state index in [0.717, 1.165) is 5.69 Å². The maximum atomic E-state index is 12.0. The molecule has 21 heavy (non-hydrogen) atoms. The van der Waals surface area contributed by atoms with Crippen LogP contribution in [0, 0.1) is 13.8 Å². The molecule has 2 aromatic heterocycles. The van der Waals surface area contributed by atoms with Crippen molar-refractivity contribution < 1.29 is 13.9 Å². The summed E-state index contributed by atoms with van der Waals surface area (Å²) in [6.07, 6.45) is 0. The van der Waals surface area contributed by atoms with Crippen molar-refractivity contribution in [2.45, 2.75) is 20.5 Å². The minimum atomic E-state index is -0.807. The fraction of sp³-hybridized carbons (Fsp3) is 0.250. The van der Waals surface area contributed by atoms with E-state index >= 15 is 0 Å². The average molecular weight is 351 g/mol. The molecule has 6 nitrogen and oxygen atoms in total. The van der Waals surface area contributed by atoms with Crippen LogP contribution in [0.15, 0.2) is 4.42 Å². The number of nitrogen functional groups attached to an aromatic ring is 1. The van der Waals surface area contributed by atoms with Crippen LogP contribution in [0.4, 0.5) is 5.69 Å². The number of aromatic nitrogens is 2. The Morgan fingerprint density at radius 2 is 1.90 bits per heavy atom. The van der Waals surface area contributed by atoms with Crippen molar-refractivity contribution in [1.29, 1.82) is 0 Å². The van der Waals surface area contributed by atoms with E-state index in [4.69, 9.17) is 49.7 Å². The summed E-state index contributed by atoms with van der Waals surface area (Å²) in [5.41, 5.74) is 6.09. The highest BCUT2D eigenvalue weighted by Gasteiger charge is 2.21. The number of pyridine rings is 1. The van der Waals surface area contributed by atoms with Gasteiger partial charge in [-0.15, -0.1) is 0 Å². The van der Waals surface area contributed by atoms with Crippen LogP contribution in [0.5, 0.6) is 0 Å². The van der Waals surface area contributed by atoms with Crippen molar-refractivity contribution in [2.75, 3.05) is 5.73 Å². The van der Waals surface area contributed by atoms with Crippen LogP contribution in [0.2, 0.25) is 15.2 Å². The number of nitrogens with two attached hydrogens (primary N) is 1. The van der Waals surface area contributed by atoms with Crippen LogP contribution in [0.3, 0.4) is 0 Å². The molecule has 0 radical (unpaired) electrons. The highest BCUT2D eigenvalue weighted by Crippen LogP contribution is 2.34. The van der Waals surface area contributed by atoms with Gasteiger partial charge in [-0.25, -0.2) is 14.8 Å². The number of halogens is 3. The molecule has 0 saturated carbocycles. The molecular formula is C12H10Cl3N3O3. The lowest BCUT2D eigenvalue weighted by Crippen LogP contribution is -2.10. The maximum absolute atomic E-state index is 12.0. The van der Waals surface area contributed by atoms with Gasteiger partial charge < -0.3 is 14.9 Å². The van der Waals surface area contributed by atoms with Crippen LogP contribution in [-0.2, 0) is 11.3 Å². The second-order valence-corrected chi connectivity index (χ2v) is 5.23. The summed E-state index contributed by atoms with van der Waals surface area (Å²) in [6.45, 7) is 3.37. The quantitative estimate of drug-likeness (QED) is 0.672. The van der Waals surface area contributed by atoms with Crippen LogP contribution in [0.1, 0.15) is 27.8 Å². The number of aryl methyl sites for hydroxylation is 2. The number of hydrogen-bond donors (Lipinski definition) is 1. The van der Waals surface area contributed by atoms with Gasteiger partial charge in [0.2, 0.25) is 5.89 Å². The molecule has 0 spiro atoms. The lowest BCUT2D eigenvalue weighted by Gasteiger charge is -2.08. The Balaban J connectivity index is 2.17. The van der Waals surface area contributed by atoms with Crippen molar-refractivity contribution in [2.24, 2.45) is 0 Å². The molecule has 0 unspecified atom stereocenters. The summed E-state index contributed by atoms with van der Waals surface area (Å²) in [4.78, 5) is 19.8. The van der Waals surface area contributed by atoms with Gasteiger partial charge in [0.05, 0.1) is 16.4 Å². The van der Waals surface area contributed by atoms with E-state index in [1.165, 1.54) is 0 Å². The Morgan fingerprint density at radius 3 is 2.48 bits per heavy atom. The Morgan fingerprint density at radius 1 is 1.24 bits per heavy atom. The summed E-state index contributed by atoms with van der Waals surface area (Å²) >= 11 is 17.4. The van der Waals surface area contributed by atoms with Crippen molar-refractivity contribution in [3.63, 3.8) is 0 Å². The van der Waals surface area contributed by atoms with Crippen LogP contribution >= 0.6 is 34.8 Å². The standard InChI is InChI=1S/C12H10Cl3N3O3/c1-4-5(2)21-6(17-4)3-20-12(19)10-7(13)9(16)8(14)11(15)18-10/h3H2,1-2H3,(H2,16,18). The third-order valence-electron chi connectivity index (χ3n) is 2.66. The fourth-order valence-corrected chi connectivity index (χ4v) is 2.05. The highest BCUT2D eigenvalue weighted by molar-refractivity contribution is 6.46. The molecule has 2 heterocycles. The first-order valence-electron chi connectivity index (χ1n) is 5.71. The number of rotatable bonds is 3. The largest absolute Gasteiger partial charge is 0.451 e. The Kier molecular flexibility index (Phi) is 4.61. The van der Waals surface area contributed by atoms with E-state index in [9.17, 15) is 4.79 Å². The van der Waals surface area contributed by atoms with Gasteiger partial charge in [-0.2, -0.15) is 0 Å². The molecule has 0 saturated heterocycles. The van der Waals surface area contributed by atoms with Gasteiger partial charge in [0, 0.05) is 0 Å². The van der Waals surface area contributed by atoms with Gasteiger partial charge in [-0.1, -0.05) is 34.8 Å². The molecule has 2 rings (SSSR count). The summed E-state index contributed by atoms with van der Waals surface area (Å²) in [6, 6.07) is 0. The zero-order valence-corrected chi connectivity index (χ0v) is 13.3. The fourth-order valence-electron chi connectivity index (χ4n) is 1.46. The van der Waals surface area contributed by atoms with E-state index in [1.54, 1.807) is 13.8 Å². The second kappa shape index (κ2) is 6.09. The maximum Gasteiger partial charge on any atom is 0.359 e. The third-order valence-corrected chi connectivity index (χ3v) is 3.80. The van der Waals surface area contributed by atoms with Gasteiger partial charge in [-0.05, 0) is 13.8 Å². The number of carbonyl (C=O) groups excluding carboxylic acids is 1. The second-order valence-electron chi connectivity index (χ2n) is 4.12. The minimum Gasteiger partial charge on any atom is -0.451 e. The molecule has 0 atom stereocenters. The molecule has 112 valence electrons. The molecule has 2 aromatic rings. The van der Waals surface area contributed by atoms with E-state index in [1.807, 2.05) is 0 Å². The van der Waals surface area contributed by atoms with Crippen LogP contribution in [-0.4, -0.2) is 15.9 Å². The van der Waals surface area contributed by atoms with Crippen molar-refractivity contribution in [3.8, 4) is 0 Å². The zero-order chi connectivity index (χ0) is 15.7. The van der Waals surface area contributed by atoms with Gasteiger partial charge >= 0.3 is 5.97 Å². The van der Waals surface area contributed by atoms with Crippen molar-refractivity contribution >= 4 is 46.5 Å². The Hall–Kier alpha value is -1.50. The van der Waals surface area contributed by atoms with Gasteiger partial charge in [-0.3, -0.25) is 0 Å². The van der Waals surface area contributed by atoms with Crippen molar-refractivity contribution in [3.05, 3.63) is 38.2 Å². The highest BCUT2D eigenvalue weighted by atomic mass is 35.5. The molecule has 0 fully saturated rings. The number of carbonyl (C=O) groups is 1. The zero-order valence-electron chi connectivity index (χ0n) is 11.0. The summed E-state index contributed by atoms with van der Waals surface area (Å²) < 4.78 is 10.3. The van der Waals surface area contributed by atoms with E-state index in [-0.39, 0.29) is 39.1 Å². The normalized spacial score (nSPS) is 10.7. The predicted octanol–water partition coefficient (Wildman–Crippen LogP) is 3.59. The first-order chi connectivity index (χ1) is 9.81. The summed E-state index contributed by atoms with van der Waals surface area (Å²) in [5.74, 6) is 0.109. The van der Waals surface area contributed by atoms with Gasteiger partial charge in [0.1, 0.15) is 10.8 Å². The molecule has 9 heteroatoms. The molecule has 2 N–H and O–H groups in total. The van der Waals surface area contributed by atoms with Crippen LogP contribution < -0.4 is 5.73 Å². The topological polar surface area (TPSA) is 91.2 Å². The van der Waals surface area contributed by atoms with Gasteiger partial charge in [0.25, 0.3) is 0 Å². The molecule has 0 aromatic carbocycles. The molecule has 0 aliphatic carbocycles. The number of esters is 1. The molecule has 0 bridgehead atoms. The summed E-state index contributed by atoms with van der Waals surface area (Å²) in [5, 5.41) is -0.264. The molecule has 0 amide bonds. The van der Waals surface area contributed by atoms with Crippen LogP contribution in [0.25, 0.3) is 0 Å². The van der Waals surface area contributed by atoms with Crippen molar-refractivity contribution in [1.82, 2.24) is 9.97 Å². The lowest BCUT2D eigenvalue weighted by atomic mass is 10.3. The van der Waals surface area contributed by atoms with E-state index < -0.39 is 5.97 Å². The summed E-state index contributed by atoms with van der Waals surface area (Å²) in [7, 11) is 0. The SMILES string of the molecule is Cc1nc(COC(=O)c2nc(Cl)c(Cl)c(N)c2Cl)oc1C. The molecule has 0 aliphatic rings. The first-order valence-corrected chi connectivity index (χ1v) is 6.84. The average Bonchev–Trinajstić information content (AvgIpc) is 2.77. The van der Waals surface area contributed by atoms with E-state index in [2.05, 4.69) is 9.97 Å². The third kappa shape index (κ3) is 3.23. The van der Waals surface area contributed by atoms with E-state index in [0.29, 0.717) is 5.76 Å². The van der Waals surface area contributed by atoms with Gasteiger partial charge in [0.15, 0.2) is 17.5 Å². The molecular weight excluding hydrogens is 341 g/mol. The monoisotopic (exact) mass is 349 g/mol. The minimum absolute atomic E-state index is 0.0165. The Labute approximate surface area is 135 Å². The number of oxazole rings is 1. The number of hydrogen-bond acceptors (Lipinski definition) is 6. The first kappa shape index (κ1) is 15.9.